The number of carbonyl (C=O) groups excluding carboxylic acids is 1. The number of phosphoric ester groups is 1. The molecule has 0 spiro atoms. The van der Waals surface area contributed by atoms with Crippen LogP contribution < -0.4 is 5.32 Å². The van der Waals surface area contributed by atoms with Crippen LogP contribution in [-0.4, -0.2) is 73.4 Å². The molecule has 66 heavy (non-hydrogen) atoms. The molecule has 0 fully saturated rings. The van der Waals surface area contributed by atoms with Crippen molar-refractivity contribution in [3.63, 3.8) is 0 Å². The van der Waals surface area contributed by atoms with Gasteiger partial charge in [-0.1, -0.05) is 235 Å². The van der Waals surface area contributed by atoms with Crippen molar-refractivity contribution in [1.29, 1.82) is 0 Å². The molecule has 0 saturated carbocycles. The molecule has 0 aromatic rings. The average molecular weight is 950 g/mol. The molecule has 8 nitrogen and oxygen atoms in total. The molecule has 388 valence electrons. The molecule has 0 radical (unpaired) electrons. The highest BCUT2D eigenvalue weighted by Crippen LogP contribution is 2.43. The van der Waals surface area contributed by atoms with Crippen molar-refractivity contribution in [2.75, 3.05) is 40.9 Å². The number of aliphatic hydroxyl groups is 1. The maximum atomic E-state index is 12.9. The minimum atomic E-state index is -4.35. The van der Waals surface area contributed by atoms with E-state index < -0.39 is 20.0 Å². The summed E-state index contributed by atoms with van der Waals surface area (Å²) in [7, 11) is 1.55. The number of rotatable bonds is 51. The fourth-order valence-corrected chi connectivity index (χ4v) is 8.93. The summed E-state index contributed by atoms with van der Waals surface area (Å²) in [5.41, 5.74) is 0. The molecule has 9 heteroatoms. The zero-order chi connectivity index (χ0) is 48.5. The standard InChI is InChI=1S/C57H109N2O6P/c1-6-8-10-12-14-16-17-18-19-20-21-22-23-24-25-26-27-28-29-30-31-32-33-34-35-36-37-38-39-40-41-43-45-47-49-51-57(61)58-55(54-65-66(62,63)64-53-52-59(3,4)5)56(60)50-48-46-44-42-15-13-11-9-7-2/h7,9,15,20-21,42,48,50,55-56,60H,6,8,10-14,16-19,22-41,43-47,49,51-54H2,1-5H3,(H-,58,61,62,63)/p+1/b9-7+,21-20-,42-15+,50-48+. The Morgan fingerprint density at radius 3 is 1.30 bits per heavy atom. The summed E-state index contributed by atoms with van der Waals surface area (Å²) >= 11 is 0. The number of hydrogen-bond acceptors (Lipinski definition) is 5. The molecule has 0 aromatic carbocycles. The summed E-state index contributed by atoms with van der Waals surface area (Å²) < 4.78 is 23.5. The van der Waals surface area contributed by atoms with Crippen molar-refractivity contribution >= 4 is 13.7 Å². The lowest BCUT2D eigenvalue weighted by atomic mass is 10.0. The molecule has 3 atom stereocenters. The molecule has 0 heterocycles. The number of nitrogens with zero attached hydrogens (tertiary/aromatic N) is 1. The number of hydrogen-bond donors (Lipinski definition) is 3. The quantitative estimate of drug-likeness (QED) is 0.0243. The van der Waals surface area contributed by atoms with Crippen LogP contribution >= 0.6 is 7.82 Å². The van der Waals surface area contributed by atoms with Crippen LogP contribution in [0.25, 0.3) is 0 Å². The van der Waals surface area contributed by atoms with E-state index in [9.17, 15) is 19.4 Å². The van der Waals surface area contributed by atoms with Gasteiger partial charge in [-0.2, -0.15) is 0 Å². The van der Waals surface area contributed by atoms with Crippen molar-refractivity contribution < 1.29 is 32.9 Å². The number of phosphoric acid groups is 1. The first-order valence-corrected chi connectivity index (χ1v) is 29.5. The number of carbonyl (C=O) groups is 1. The zero-order valence-corrected chi connectivity index (χ0v) is 45.1. The van der Waals surface area contributed by atoms with E-state index in [0.29, 0.717) is 17.4 Å². The molecule has 0 aliphatic rings. The van der Waals surface area contributed by atoms with E-state index in [4.69, 9.17) is 9.05 Å². The normalized spacial score (nSPS) is 14.3. The number of likely N-dealkylation sites (N-methyl/N-ethyl adjacent to an activating group) is 1. The Labute approximate surface area is 409 Å². The Morgan fingerprint density at radius 1 is 0.530 bits per heavy atom. The second-order valence-corrected chi connectivity index (χ2v) is 21.8. The molecule has 0 aliphatic carbocycles. The Morgan fingerprint density at radius 2 is 0.894 bits per heavy atom. The van der Waals surface area contributed by atoms with Gasteiger partial charge >= 0.3 is 7.82 Å². The lowest BCUT2D eigenvalue weighted by Gasteiger charge is -2.25. The second kappa shape index (κ2) is 48.5. The Bertz CT molecular complexity index is 1210. The van der Waals surface area contributed by atoms with E-state index in [1.807, 2.05) is 34.1 Å². The van der Waals surface area contributed by atoms with Gasteiger partial charge in [0.25, 0.3) is 0 Å². The van der Waals surface area contributed by atoms with Crippen LogP contribution in [0.3, 0.4) is 0 Å². The number of unbranched alkanes of at least 4 members (excludes halogenated alkanes) is 33. The van der Waals surface area contributed by atoms with Crippen molar-refractivity contribution in [2.45, 2.75) is 270 Å². The van der Waals surface area contributed by atoms with E-state index in [2.05, 4.69) is 48.7 Å². The maximum Gasteiger partial charge on any atom is 0.472 e. The fraction of sp³-hybridized carbons (Fsp3) is 0.842. The smallest absolute Gasteiger partial charge is 0.387 e. The molecule has 0 saturated heterocycles. The first kappa shape index (κ1) is 64.5. The maximum absolute atomic E-state index is 12.9. The van der Waals surface area contributed by atoms with Crippen molar-refractivity contribution in [3.8, 4) is 0 Å². The van der Waals surface area contributed by atoms with Gasteiger partial charge in [0.2, 0.25) is 5.91 Å². The first-order chi connectivity index (χ1) is 32.0. The van der Waals surface area contributed by atoms with Gasteiger partial charge in [0.1, 0.15) is 13.2 Å². The van der Waals surface area contributed by atoms with Gasteiger partial charge in [-0.3, -0.25) is 13.8 Å². The highest BCUT2D eigenvalue weighted by Gasteiger charge is 2.27. The van der Waals surface area contributed by atoms with Gasteiger partial charge in [0.05, 0.1) is 39.9 Å². The molecule has 0 aliphatic heterocycles. The highest BCUT2D eigenvalue weighted by molar-refractivity contribution is 7.47. The monoisotopic (exact) mass is 950 g/mol. The SMILES string of the molecule is C/C=C/CC/C=C/CC/C=C/C(O)C(COP(=O)(O)OCC[N+](C)(C)C)NC(=O)CCCCCCCCCCCCCCCCCCCCCCCCC/C=C\CCCCCCCCCC. The van der Waals surface area contributed by atoms with E-state index >= 15 is 0 Å². The van der Waals surface area contributed by atoms with Crippen LogP contribution in [0.4, 0.5) is 0 Å². The minimum absolute atomic E-state index is 0.0535. The number of nitrogens with one attached hydrogen (secondary N) is 1. The van der Waals surface area contributed by atoms with E-state index in [-0.39, 0.29) is 19.1 Å². The van der Waals surface area contributed by atoms with Gasteiger partial charge in [0, 0.05) is 6.42 Å². The third-order valence-electron chi connectivity index (χ3n) is 12.6. The van der Waals surface area contributed by atoms with Crippen LogP contribution in [0.2, 0.25) is 0 Å². The molecule has 3 N–H and O–H groups in total. The Balaban J connectivity index is 3.86. The van der Waals surface area contributed by atoms with E-state index in [1.165, 1.54) is 193 Å². The Hall–Kier alpha value is -1.54. The lowest BCUT2D eigenvalue weighted by molar-refractivity contribution is -0.870. The number of quaternary nitrogens is 1. The molecule has 3 unspecified atom stereocenters. The van der Waals surface area contributed by atoms with Gasteiger partial charge in [-0.15, -0.1) is 0 Å². The third-order valence-corrected chi connectivity index (χ3v) is 13.6. The molecule has 1 amide bonds. The first-order valence-electron chi connectivity index (χ1n) is 28.0. The topological polar surface area (TPSA) is 105 Å². The highest BCUT2D eigenvalue weighted by atomic mass is 31.2. The van der Waals surface area contributed by atoms with Gasteiger partial charge in [0.15, 0.2) is 0 Å². The van der Waals surface area contributed by atoms with E-state index in [0.717, 1.165) is 44.9 Å². The lowest BCUT2D eigenvalue weighted by Crippen LogP contribution is -2.45. The molecular formula is C57H110N2O6P+. The zero-order valence-electron chi connectivity index (χ0n) is 44.2. The van der Waals surface area contributed by atoms with Crippen molar-refractivity contribution in [3.05, 3.63) is 48.6 Å². The molecule has 0 aromatic heterocycles. The number of allylic oxidation sites excluding steroid dienone is 7. The predicted molar refractivity (Wildman–Crippen MR) is 286 cm³/mol. The van der Waals surface area contributed by atoms with Crippen molar-refractivity contribution in [1.82, 2.24) is 5.32 Å². The van der Waals surface area contributed by atoms with Gasteiger partial charge < -0.3 is 19.8 Å². The summed E-state index contributed by atoms with van der Waals surface area (Å²) in [5.74, 6) is -0.191. The van der Waals surface area contributed by atoms with Crippen LogP contribution in [0.1, 0.15) is 258 Å². The molecule has 0 bridgehead atoms. The summed E-state index contributed by atoms with van der Waals surface area (Å²) in [6, 6.07) is -0.866. The third kappa shape index (κ3) is 50.3. The summed E-state index contributed by atoms with van der Waals surface area (Å²) in [6.45, 7) is 4.56. The average Bonchev–Trinajstić information content (AvgIpc) is 3.28. The van der Waals surface area contributed by atoms with Crippen molar-refractivity contribution in [2.24, 2.45) is 0 Å². The van der Waals surface area contributed by atoms with Crippen LogP contribution in [-0.2, 0) is 18.4 Å². The van der Waals surface area contributed by atoms with Crippen LogP contribution in [0, 0.1) is 0 Å². The second-order valence-electron chi connectivity index (χ2n) is 20.3. The molecule has 0 rings (SSSR count). The summed E-state index contributed by atoms with van der Waals surface area (Å²) in [6.07, 6.45) is 64.2. The van der Waals surface area contributed by atoms with Gasteiger partial charge in [-0.25, -0.2) is 4.57 Å². The predicted octanol–water partition coefficient (Wildman–Crippen LogP) is 16.8. The molecular weight excluding hydrogens is 840 g/mol. The number of aliphatic hydroxyl groups excluding tert-OH is 1. The largest absolute Gasteiger partial charge is 0.472 e. The Kier molecular flexibility index (Phi) is 47.4. The minimum Gasteiger partial charge on any atom is -0.387 e. The van der Waals surface area contributed by atoms with Crippen LogP contribution in [0.5, 0.6) is 0 Å². The summed E-state index contributed by atoms with van der Waals surface area (Å²) in [4.78, 5) is 23.1. The fourth-order valence-electron chi connectivity index (χ4n) is 8.20. The van der Waals surface area contributed by atoms with Crippen LogP contribution in [0.15, 0.2) is 48.6 Å². The summed E-state index contributed by atoms with van der Waals surface area (Å²) in [5, 5.41) is 13.8. The number of amides is 1. The van der Waals surface area contributed by atoms with Gasteiger partial charge in [-0.05, 0) is 64.7 Å². The van der Waals surface area contributed by atoms with E-state index in [1.54, 1.807) is 6.08 Å².